The van der Waals surface area contributed by atoms with Crippen LogP contribution in [0.25, 0.3) is 0 Å². The second-order valence-electron chi connectivity index (χ2n) is 3.82. The molecule has 10 heteroatoms. The molecule has 0 saturated carbocycles. The van der Waals surface area contributed by atoms with Crippen LogP contribution in [-0.2, 0) is 20.7 Å². The van der Waals surface area contributed by atoms with Gasteiger partial charge in [-0.25, -0.2) is 0 Å². The topological polar surface area (TPSA) is 93.5 Å². The van der Waals surface area contributed by atoms with Gasteiger partial charge in [0, 0.05) is 5.75 Å². The Morgan fingerprint density at radius 3 is 3.00 bits per heavy atom. The number of esters is 1. The lowest BCUT2D eigenvalue weighted by Crippen LogP contribution is -2.14. The third-order valence-corrected chi connectivity index (χ3v) is 5.29. The third-order valence-electron chi connectivity index (χ3n) is 2.20. The standard InChI is InChI=1S/C11H14N4O3S3/c1-2-18-9(17)5-8-14-15-10(21-8)13-7(16)6-20-11-12-3-4-19-11/h2-6H2,1H3,(H,13,15,16). The highest BCUT2D eigenvalue weighted by molar-refractivity contribution is 8.39. The van der Waals surface area contributed by atoms with Gasteiger partial charge in [-0.3, -0.25) is 19.9 Å². The number of anilines is 1. The fraction of sp³-hybridized carbons (Fsp3) is 0.545. The lowest BCUT2D eigenvalue weighted by molar-refractivity contribution is -0.142. The molecule has 0 aliphatic carbocycles. The Bertz CT molecular complexity index is 547. The fourth-order valence-electron chi connectivity index (χ4n) is 1.40. The molecule has 7 nitrogen and oxygen atoms in total. The molecule has 1 aromatic heterocycles. The lowest BCUT2D eigenvalue weighted by Gasteiger charge is -2.00. The van der Waals surface area contributed by atoms with Crippen LogP contribution in [0.2, 0.25) is 0 Å². The molecule has 0 fully saturated rings. The first-order chi connectivity index (χ1) is 10.2. The Labute approximate surface area is 134 Å². The molecule has 0 aromatic carbocycles. The SMILES string of the molecule is CCOC(=O)Cc1nnc(NC(=O)CSC2=NCCS2)s1. The predicted octanol–water partition coefficient (Wildman–Crippen LogP) is 1.42. The number of hydrogen-bond donors (Lipinski definition) is 1. The zero-order chi connectivity index (χ0) is 15.1. The second-order valence-corrected chi connectivity index (χ2v) is 7.18. The van der Waals surface area contributed by atoms with Crippen molar-refractivity contribution in [2.45, 2.75) is 13.3 Å². The number of ether oxygens (including phenoxy) is 1. The fourth-order valence-corrected chi connectivity index (χ4v) is 3.95. The van der Waals surface area contributed by atoms with Gasteiger partial charge in [-0.15, -0.1) is 10.2 Å². The molecule has 2 rings (SSSR count). The summed E-state index contributed by atoms with van der Waals surface area (Å²) < 4.78 is 5.77. The Morgan fingerprint density at radius 2 is 2.29 bits per heavy atom. The number of aromatic nitrogens is 2. The summed E-state index contributed by atoms with van der Waals surface area (Å²) in [4.78, 5) is 27.3. The minimum atomic E-state index is -0.349. The Hall–Kier alpha value is -1.13. The van der Waals surface area contributed by atoms with Gasteiger partial charge in [0.25, 0.3) is 0 Å². The maximum Gasteiger partial charge on any atom is 0.312 e. The Morgan fingerprint density at radius 1 is 1.43 bits per heavy atom. The zero-order valence-corrected chi connectivity index (χ0v) is 13.8. The van der Waals surface area contributed by atoms with E-state index in [0.29, 0.717) is 22.5 Å². The lowest BCUT2D eigenvalue weighted by atomic mass is 10.5. The molecule has 114 valence electrons. The van der Waals surface area contributed by atoms with Crippen LogP contribution >= 0.6 is 34.9 Å². The molecular weight excluding hydrogens is 332 g/mol. The van der Waals surface area contributed by atoms with E-state index in [1.165, 1.54) is 23.1 Å². The summed E-state index contributed by atoms with van der Waals surface area (Å²) in [6.07, 6.45) is 0.0730. The van der Waals surface area contributed by atoms with Crippen LogP contribution in [0, 0.1) is 0 Å². The van der Waals surface area contributed by atoms with Crippen LogP contribution in [0.4, 0.5) is 5.13 Å². The maximum absolute atomic E-state index is 11.8. The molecular formula is C11H14N4O3S3. The molecule has 1 aromatic rings. The van der Waals surface area contributed by atoms with E-state index in [1.807, 2.05) is 0 Å². The van der Waals surface area contributed by atoms with E-state index < -0.39 is 0 Å². The van der Waals surface area contributed by atoms with Crippen LogP contribution in [-0.4, -0.2) is 51.1 Å². The van der Waals surface area contributed by atoms with E-state index in [0.717, 1.165) is 16.7 Å². The first kappa shape index (κ1) is 16.2. The van der Waals surface area contributed by atoms with Gasteiger partial charge in [0.1, 0.15) is 9.38 Å². The number of thioether (sulfide) groups is 2. The molecule has 1 N–H and O–H groups in total. The van der Waals surface area contributed by atoms with E-state index >= 15 is 0 Å². The van der Waals surface area contributed by atoms with Gasteiger partial charge in [0.15, 0.2) is 0 Å². The van der Waals surface area contributed by atoms with Crippen LogP contribution in [0.1, 0.15) is 11.9 Å². The zero-order valence-electron chi connectivity index (χ0n) is 11.3. The van der Waals surface area contributed by atoms with Crippen LogP contribution < -0.4 is 5.32 Å². The molecule has 1 aliphatic heterocycles. The molecule has 21 heavy (non-hydrogen) atoms. The summed E-state index contributed by atoms with van der Waals surface area (Å²) in [6, 6.07) is 0. The third kappa shape index (κ3) is 5.64. The average molecular weight is 346 g/mol. The highest BCUT2D eigenvalue weighted by Gasteiger charge is 2.14. The summed E-state index contributed by atoms with van der Waals surface area (Å²) >= 11 is 4.25. The Kier molecular flexibility index (Phi) is 6.46. The van der Waals surface area contributed by atoms with E-state index in [4.69, 9.17) is 4.74 Å². The van der Waals surface area contributed by atoms with Crippen LogP contribution in [0.15, 0.2) is 4.99 Å². The minimum Gasteiger partial charge on any atom is -0.466 e. The maximum atomic E-state index is 11.8. The molecule has 0 bridgehead atoms. The average Bonchev–Trinajstić information content (AvgIpc) is 3.08. The normalized spacial score (nSPS) is 13.9. The van der Waals surface area contributed by atoms with Crippen molar-refractivity contribution in [3.63, 3.8) is 0 Å². The monoisotopic (exact) mass is 346 g/mol. The van der Waals surface area contributed by atoms with Gasteiger partial charge < -0.3 is 4.74 Å². The summed E-state index contributed by atoms with van der Waals surface area (Å²) in [5.41, 5.74) is 0. The van der Waals surface area contributed by atoms with Gasteiger partial charge in [0.2, 0.25) is 11.0 Å². The molecule has 1 aliphatic rings. The van der Waals surface area contributed by atoms with Crippen molar-refractivity contribution < 1.29 is 14.3 Å². The summed E-state index contributed by atoms with van der Waals surface area (Å²) in [6.45, 7) is 2.90. The summed E-state index contributed by atoms with van der Waals surface area (Å²) in [5, 5.41) is 11.3. The molecule has 0 radical (unpaired) electrons. The van der Waals surface area contributed by atoms with Crippen molar-refractivity contribution in [3.05, 3.63) is 5.01 Å². The predicted molar refractivity (Wildman–Crippen MR) is 86.1 cm³/mol. The number of nitrogens with one attached hydrogen (secondary N) is 1. The molecule has 0 spiro atoms. The van der Waals surface area contributed by atoms with Gasteiger partial charge in [-0.05, 0) is 6.92 Å². The number of carbonyl (C=O) groups excluding carboxylic acids is 2. The largest absolute Gasteiger partial charge is 0.466 e. The van der Waals surface area contributed by atoms with Crippen molar-refractivity contribution in [1.82, 2.24) is 10.2 Å². The van der Waals surface area contributed by atoms with Gasteiger partial charge in [-0.2, -0.15) is 0 Å². The van der Waals surface area contributed by atoms with E-state index in [2.05, 4.69) is 20.5 Å². The van der Waals surface area contributed by atoms with Crippen molar-refractivity contribution >= 4 is 56.2 Å². The number of nitrogens with zero attached hydrogens (tertiary/aromatic N) is 3. The van der Waals surface area contributed by atoms with Crippen LogP contribution in [0.3, 0.4) is 0 Å². The smallest absolute Gasteiger partial charge is 0.312 e. The number of carbonyl (C=O) groups is 2. The van der Waals surface area contributed by atoms with Crippen molar-refractivity contribution in [2.24, 2.45) is 4.99 Å². The van der Waals surface area contributed by atoms with Gasteiger partial charge in [-0.1, -0.05) is 34.9 Å². The van der Waals surface area contributed by atoms with Crippen molar-refractivity contribution in [3.8, 4) is 0 Å². The van der Waals surface area contributed by atoms with Crippen molar-refractivity contribution in [2.75, 3.05) is 30.0 Å². The number of amides is 1. The van der Waals surface area contributed by atoms with Crippen molar-refractivity contribution in [1.29, 1.82) is 0 Å². The number of rotatable bonds is 6. The van der Waals surface area contributed by atoms with E-state index in [1.54, 1.807) is 18.7 Å². The highest BCUT2D eigenvalue weighted by Crippen LogP contribution is 2.22. The molecule has 0 atom stereocenters. The molecule has 1 amide bonds. The van der Waals surface area contributed by atoms with Gasteiger partial charge >= 0.3 is 5.97 Å². The molecule has 2 heterocycles. The molecule has 0 unspecified atom stereocenters. The summed E-state index contributed by atoms with van der Waals surface area (Å²) in [5.74, 6) is 0.767. The molecule has 0 saturated heterocycles. The van der Waals surface area contributed by atoms with Gasteiger partial charge in [0.05, 0.1) is 25.3 Å². The Balaban J connectivity index is 1.76. The first-order valence-electron chi connectivity index (χ1n) is 6.25. The highest BCUT2D eigenvalue weighted by atomic mass is 32.2. The van der Waals surface area contributed by atoms with E-state index in [-0.39, 0.29) is 18.3 Å². The summed E-state index contributed by atoms with van der Waals surface area (Å²) in [7, 11) is 0. The quantitative estimate of drug-likeness (QED) is 0.779. The van der Waals surface area contributed by atoms with Crippen LogP contribution in [0.5, 0.6) is 0 Å². The van der Waals surface area contributed by atoms with E-state index in [9.17, 15) is 9.59 Å². The second kappa shape index (κ2) is 8.35. The first-order valence-corrected chi connectivity index (χ1v) is 9.04. The number of aliphatic imine (C=N–C) groups is 1. The number of hydrogen-bond acceptors (Lipinski definition) is 9. The minimum absolute atomic E-state index is 0.0730.